The van der Waals surface area contributed by atoms with Gasteiger partial charge in [-0.15, -0.1) is 0 Å². The van der Waals surface area contributed by atoms with Crippen molar-refractivity contribution in [3.8, 4) is 0 Å². The highest BCUT2D eigenvalue weighted by Gasteiger charge is 2.54. The van der Waals surface area contributed by atoms with E-state index in [0.717, 1.165) is 5.56 Å². The number of anilines is 2. The smallest absolute Gasteiger partial charge is 0.325 e. The number of amides is 2. The van der Waals surface area contributed by atoms with Gasteiger partial charge in [-0.05, 0) is 30.7 Å². The molecule has 4 aromatic rings. The van der Waals surface area contributed by atoms with Crippen LogP contribution in [0.15, 0.2) is 85.2 Å². The van der Waals surface area contributed by atoms with Crippen LogP contribution < -0.4 is 10.6 Å². The zero-order valence-electron chi connectivity index (χ0n) is 20.7. The summed E-state index contributed by atoms with van der Waals surface area (Å²) in [6, 6.07) is 23.6. The number of carbonyl (C=O) groups excluding carboxylic acids is 1. The standard InChI is InChI=1S/C27H27N4O7P/c32-27(29-18-10-5-2-6-11-18)30-19-12-7-13-20-22(19)28-16-31(20)25-24-23(21(36-25)14-15-39(33,34)35)37-26(38-24)17-8-3-1-4-9-17/h1-13,16,21,23-26H,14-15H2,(H2,29,30,32)(H2,33,34,35)/t21-,23?,24?,25-,26-/m1/s1. The van der Waals surface area contributed by atoms with E-state index in [4.69, 9.17) is 14.2 Å². The summed E-state index contributed by atoms with van der Waals surface area (Å²) in [5.41, 5.74) is 3.26. The molecule has 0 saturated carbocycles. The predicted octanol–water partition coefficient (Wildman–Crippen LogP) is 4.63. The van der Waals surface area contributed by atoms with Crippen molar-refractivity contribution in [1.29, 1.82) is 0 Å². The highest BCUT2D eigenvalue weighted by Crippen LogP contribution is 2.47. The maximum Gasteiger partial charge on any atom is 0.325 e. The molecule has 4 N–H and O–H groups in total. The van der Waals surface area contributed by atoms with Crippen molar-refractivity contribution in [2.75, 3.05) is 16.8 Å². The summed E-state index contributed by atoms with van der Waals surface area (Å²) >= 11 is 0. The Kier molecular flexibility index (Phi) is 6.94. The molecule has 6 rings (SSSR count). The SMILES string of the molecule is O=C(Nc1ccccc1)Nc1cccc2c1ncn2[C@@H]1O[C@H](CCP(=O)(O)O)C2O[C@@H](c3ccccc3)OC21. The number of nitrogens with zero attached hydrogens (tertiary/aromatic N) is 2. The summed E-state index contributed by atoms with van der Waals surface area (Å²) in [6.07, 6.45) is -1.61. The number of hydrogen-bond donors (Lipinski definition) is 4. The molecule has 3 heterocycles. The summed E-state index contributed by atoms with van der Waals surface area (Å²) < 4.78 is 32.2. The Morgan fingerprint density at radius 3 is 2.36 bits per heavy atom. The summed E-state index contributed by atoms with van der Waals surface area (Å²) in [4.78, 5) is 36.1. The van der Waals surface area contributed by atoms with Crippen molar-refractivity contribution >= 4 is 36.0 Å². The van der Waals surface area contributed by atoms with Crippen LogP contribution in [0.1, 0.15) is 24.5 Å². The van der Waals surface area contributed by atoms with Crippen LogP contribution in [0.4, 0.5) is 16.2 Å². The second-order valence-electron chi connectivity index (χ2n) is 9.46. The fourth-order valence-electron chi connectivity index (χ4n) is 5.02. The van der Waals surface area contributed by atoms with Gasteiger partial charge in [0.2, 0.25) is 0 Å². The first-order chi connectivity index (χ1) is 18.9. The average Bonchev–Trinajstić information content (AvgIpc) is 3.63. The number of benzene rings is 3. The molecule has 2 unspecified atom stereocenters. The second-order valence-corrected chi connectivity index (χ2v) is 11.2. The molecular formula is C27H27N4O7P. The van der Waals surface area contributed by atoms with Gasteiger partial charge >= 0.3 is 13.6 Å². The second kappa shape index (κ2) is 10.5. The number of rotatable bonds is 7. The number of urea groups is 1. The van der Waals surface area contributed by atoms with Gasteiger partial charge < -0.3 is 39.2 Å². The molecule has 2 aliphatic heterocycles. The van der Waals surface area contributed by atoms with Crippen molar-refractivity contribution in [3.05, 3.63) is 90.8 Å². The number of para-hydroxylation sites is 2. The van der Waals surface area contributed by atoms with Crippen LogP contribution in [0.5, 0.6) is 0 Å². The largest absolute Gasteiger partial charge is 0.349 e. The van der Waals surface area contributed by atoms with E-state index >= 15 is 0 Å². The Balaban J connectivity index is 1.27. The van der Waals surface area contributed by atoms with Crippen LogP contribution in [-0.4, -0.2) is 49.8 Å². The molecule has 3 aromatic carbocycles. The lowest BCUT2D eigenvalue weighted by Gasteiger charge is -2.22. The van der Waals surface area contributed by atoms with Crippen molar-refractivity contribution in [2.45, 2.75) is 37.3 Å². The number of ether oxygens (including phenoxy) is 3. The van der Waals surface area contributed by atoms with E-state index in [1.54, 1.807) is 30.6 Å². The fourth-order valence-corrected chi connectivity index (χ4v) is 5.61. The summed E-state index contributed by atoms with van der Waals surface area (Å²) in [5.74, 6) is 0. The molecule has 2 amide bonds. The van der Waals surface area contributed by atoms with Gasteiger partial charge in [0.15, 0.2) is 12.5 Å². The summed E-state index contributed by atoms with van der Waals surface area (Å²) in [7, 11) is -4.23. The van der Waals surface area contributed by atoms with Crippen LogP contribution in [0.2, 0.25) is 0 Å². The minimum atomic E-state index is -4.23. The maximum atomic E-state index is 12.6. The molecule has 2 aliphatic rings. The van der Waals surface area contributed by atoms with Crippen molar-refractivity contribution < 1.29 is 33.4 Å². The van der Waals surface area contributed by atoms with Gasteiger partial charge in [0.25, 0.3) is 0 Å². The number of carbonyl (C=O) groups is 1. The zero-order chi connectivity index (χ0) is 27.0. The van der Waals surface area contributed by atoms with E-state index in [-0.39, 0.29) is 12.6 Å². The van der Waals surface area contributed by atoms with E-state index in [1.807, 2.05) is 59.2 Å². The first kappa shape index (κ1) is 25.7. The average molecular weight is 551 g/mol. The predicted molar refractivity (Wildman–Crippen MR) is 143 cm³/mol. The minimum absolute atomic E-state index is 0.103. The first-order valence-corrected chi connectivity index (χ1v) is 14.3. The van der Waals surface area contributed by atoms with Gasteiger partial charge in [-0.25, -0.2) is 9.78 Å². The van der Waals surface area contributed by atoms with Crippen molar-refractivity contribution in [3.63, 3.8) is 0 Å². The highest BCUT2D eigenvalue weighted by molar-refractivity contribution is 7.51. The Morgan fingerprint density at radius 1 is 0.897 bits per heavy atom. The van der Waals surface area contributed by atoms with E-state index in [2.05, 4.69) is 15.6 Å². The van der Waals surface area contributed by atoms with E-state index < -0.39 is 44.5 Å². The van der Waals surface area contributed by atoms with E-state index in [1.165, 1.54) is 0 Å². The van der Waals surface area contributed by atoms with Crippen LogP contribution >= 0.6 is 7.60 Å². The molecular weight excluding hydrogens is 523 g/mol. The Labute approximate surface area is 223 Å². The lowest BCUT2D eigenvalue weighted by atomic mass is 10.1. The molecule has 12 heteroatoms. The molecule has 0 bridgehead atoms. The number of aromatic nitrogens is 2. The summed E-state index contributed by atoms with van der Waals surface area (Å²) in [5, 5.41) is 5.64. The molecule has 5 atom stereocenters. The normalized spacial score (nSPS) is 24.5. The number of imidazole rings is 1. The van der Waals surface area contributed by atoms with Crippen LogP contribution in [0, 0.1) is 0 Å². The molecule has 1 aromatic heterocycles. The highest BCUT2D eigenvalue weighted by atomic mass is 31.2. The molecule has 11 nitrogen and oxygen atoms in total. The molecule has 0 aliphatic carbocycles. The topological polar surface area (TPSA) is 144 Å². The molecule has 202 valence electrons. The van der Waals surface area contributed by atoms with E-state index in [9.17, 15) is 19.1 Å². The molecule has 39 heavy (non-hydrogen) atoms. The molecule has 2 fully saturated rings. The lowest BCUT2D eigenvalue weighted by Crippen LogP contribution is -2.29. The van der Waals surface area contributed by atoms with Gasteiger partial charge in [-0.1, -0.05) is 54.6 Å². The quantitative estimate of drug-likeness (QED) is 0.244. The fraction of sp³-hybridized carbons (Fsp3) is 0.259. The third-order valence-electron chi connectivity index (χ3n) is 6.78. The Hall–Kier alpha value is -3.57. The van der Waals surface area contributed by atoms with Gasteiger partial charge in [-0.3, -0.25) is 4.57 Å². The van der Waals surface area contributed by atoms with Crippen LogP contribution in [0.3, 0.4) is 0 Å². The van der Waals surface area contributed by atoms with Crippen LogP contribution in [0.25, 0.3) is 11.0 Å². The van der Waals surface area contributed by atoms with Crippen molar-refractivity contribution in [2.24, 2.45) is 0 Å². The third kappa shape index (κ3) is 5.46. The minimum Gasteiger partial charge on any atom is -0.349 e. The van der Waals surface area contributed by atoms with Gasteiger partial charge in [-0.2, -0.15) is 0 Å². The number of nitrogens with one attached hydrogen (secondary N) is 2. The molecule has 0 spiro atoms. The number of hydrogen-bond acceptors (Lipinski definition) is 6. The lowest BCUT2D eigenvalue weighted by molar-refractivity contribution is -0.147. The third-order valence-corrected chi connectivity index (χ3v) is 7.62. The van der Waals surface area contributed by atoms with Gasteiger partial charge in [0, 0.05) is 11.3 Å². The van der Waals surface area contributed by atoms with Gasteiger partial charge in [0.1, 0.15) is 17.7 Å². The molecule has 2 saturated heterocycles. The Morgan fingerprint density at radius 2 is 1.62 bits per heavy atom. The zero-order valence-corrected chi connectivity index (χ0v) is 21.6. The monoisotopic (exact) mass is 550 g/mol. The number of fused-ring (bicyclic) bond motifs is 2. The maximum absolute atomic E-state index is 12.6. The first-order valence-electron chi connectivity index (χ1n) is 12.5. The van der Waals surface area contributed by atoms with Gasteiger partial charge in [0.05, 0.1) is 29.8 Å². The summed E-state index contributed by atoms with van der Waals surface area (Å²) in [6.45, 7) is 0. The van der Waals surface area contributed by atoms with Crippen LogP contribution in [-0.2, 0) is 18.8 Å². The van der Waals surface area contributed by atoms with E-state index in [0.29, 0.717) is 22.4 Å². The Bertz CT molecular complexity index is 1510. The van der Waals surface area contributed by atoms with Crippen molar-refractivity contribution in [1.82, 2.24) is 9.55 Å². The molecule has 0 radical (unpaired) electrons.